The van der Waals surface area contributed by atoms with Gasteiger partial charge in [-0.05, 0) is 92.3 Å². The summed E-state index contributed by atoms with van der Waals surface area (Å²) >= 11 is 1.57. The highest BCUT2D eigenvalue weighted by Gasteiger charge is 2.40. The number of methoxy groups -OCH3 is 2. The molecule has 6 rings (SSSR count). The molecule has 0 bridgehead atoms. The number of aromatic amines is 2. The maximum absolute atomic E-state index is 14.2. The summed E-state index contributed by atoms with van der Waals surface area (Å²) < 4.78 is 10.7. The van der Waals surface area contributed by atoms with Crippen LogP contribution in [0, 0.1) is 11.3 Å². The average Bonchev–Trinajstić information content (AvgIpc) is 0.980. The number of guanidine groups is 1. The first-order valence-corrected chi connectivity index (χ1v) is 35.6. The number of amides is 10. The SMILES string of the molecule is COc1cc(CNCC(=O)N[C@@H](CO)C(=O)N[C@@H](CCCNC(=N)N)C(=O)N[C@@H](C)C(=O)N[C@@H](Cc2c[nH]cn2)C(=O)N[C@@H](CO)C(=O)N[C@@H](CO)C(=O)N[C@@H](Cc2c[nH]cn2)C(=O)N[C@@H](CC(C)C)C(=O)N[C@@H](CCCCN)C(N)=O)c(SC(c2ccccc2)(c2ccccc2)c2ccccc2)cc1OC. The molecule has 10 amide bonds. The van der Waals surface area contributed by atoms with Crippen molar-refractivity contribution in [2.75, 3.05) is 53.7 Å². The van der Waals surface area contributed by atoms with Crippen LogP contribution >= 0.6 is 11.8 Å². The number of aliphatic hydroxyl groups excluding tert-OH is 3. The van der Waals surface area contributed by atoms with Crippen molar-refractivity contribution in [2.24, 2.45) is 23.1 Å². The van der Waals surface area contributed by atoms with Crippen LogP contribution in [0.15, 0.2) is 133 Å². The first kappa shape index (κ1) is 85.0. The summed E-state index contributed by atoms with van der Waals surface area (Å²) in [5.41, 5.74) is 20.9. The Hall–Kier alpha value is -11.0. The van der Waals surface area contributed by atoms with Crippen molar-refractivity contribution in [1.82, 2.24) is 78.4 Å². The van der Waals surface area contributed by atoms with Crippen LogP contribution < -0.4 is 85.2 Å². The Labute approximate surface area is 623 Å². The predicted molar refractivity (Wildman–Crippen MR) is 396 cm³/mol. The topological polar surface area (TPSA) is 541 Å². The van der Waals surface area contributed by atoms with Gasteiger partial charge in [-0.1, -0.05) is 105 Å². The lowest BCUT2D eigenvalue weighted by molar-refractivity contribution is -0.136. The number of nitrogens with zero attached hydrogens (tertiary/aromatic N) is 2. The monoisotopic (exact) mass is 1500 g/mol. The molecule has 0 aliphatic carbocycles. The van der Waals surface area contributed by atoms with E-state index in [1.165, 1.54) is 46.2 Å². The third-order valence-corrected chi connectivity index (χ3v) is 18.6. The number of nitrogens with two attached hydrogens (primary N) is 3. The molecule has 107 heavy (non-hydrogen) atoms. The van der Waals surface area contributed by atoms with Gasteiger partial charge in [0.15, 0.2) is 17.5 Å². The number of carbonyl (C=O) groups is 10. The summed E-state index contributed by atoms with van der Waals surface area (Å²) in [6.45, 7) is 1.87. The van der Waals surface area contributed by atoms with Gasteiger partial charge < -0.3 is 110 Å². The lowest BCUT2D eigenvalue weighted by Crippen LogP contribution is -2.61. The van der Waals surface area contributed by atoms with Gasteiger partial charge in [0.2, 0.25) is 59.1 Å². The van der Waals surface area contributed by atoms with E-state index in [-0.39, 0.29) is 81.4 Å². The van der Waals surface area contributed by atoms with Gasteiger partial charge in [0.05, 0.1) is 69.4 Å². The largest absolute Gasteiger partial charge is 0.493 e. The zero-order valence-corrected chi connectivity index (χ0v) is 61.1. The fraction of sp³-hybridized carbons (Fsp3) is 0.431. The minimum atomic E-state index is -1.86. The number of rotatable bonds is 46. The van der Waals surface area contributed by atoms with Crippen molar-refractivity contribution in [3.05, 3.63) is 162 Å². The van der Waals surface area contributed by atoms with Crippen LogP contribution in [-0.4, -0.2) is 208 Å². The van der Waals surface area contributed by atoms with E-state index in [0.29, 0.717) is 30.9 Å². The molecule has 34 nitrogen and oxygen atoms in total. The van der Waals surface area contributed by atoms with Gasteiger partial charge in [0, 0.05) is 43.2 Å². The van der Waals surface area contributed by atoms with Gasteiger partial charge in [-0.15, -0.1) is 11.8 Å². The van der Waals surface area contributed by atoms with Crippen molar-refractivity contribution in [1.29, 1.82) is 5.41 Å². The molecule has 0 fully saturated rings. The predicted octanol–water partition coefficient (Wildman–Crippen LogP) is -1.91. The van der Waals surface area contributed by atoms with E-state index in [1.54, 1.807) is 25.6 Å². The molecule has 23 N–H and O–H groups in total. The molecule has 2 aromatic heterocycles. The molecular formula is C72H99N19O15S. The molecule has 0 saturated carbocycles. The number of aromatic nitrogens is 4. The fourth-order valence-corrected chi connectivity index (χ4v) is 12.9. The highest BCUT2D eigenvalue weighted by Crippen LogP contribution is 2.53. The Morgan fingerprint density at radius 3 is 1.40 bits per heavy atom. The van der Waals surface area contributed by atoms with Crippen LogP contribution in [-0.2, 0) is 72.1 Å². The van der Waals surface area contributed by atoms with Crippen LogP contribution in [0.3, 0.4) is 0 Å². The molecule has 0 aliphatic rings. The van der Waals surface area contributed by atoms with Crippen molar-refractivity contribution >= 4 is 76.8 Å². The Balaban J connectivity index is 1.11. The van der Waals surface area contributed by atoms with Gasteiger partial charge in [0.1, 0.15) is 54.4 Å². The Kier molecular flexibility index (Phi) is 34.5. The summed E-state index contributed by atoms with van der Waals surface area (Å²) in [6.07, 6.45) is 6.10. The second kappa shape index (κ2) is 43.5. The standard InChI is InChI=1S/C72H99N19O15S/c1-42(2)28-52(65(99)85-50(62(74)96)24-15-16-26-73)88-66(100)54(31-49-35-79-41-82-49)89-69(103)56(38-93)91-70(104)57(39-94)90-67(101)53(30-48-34-78-40-81-48)87-63(97)43(3)83-64(98)51(25-17-27-80-71(75)76)86-68(102)55(37-92)84-61(95)36-77-33-44-29-58(105-4)59(106-5)32-60(44)107-72(45-18-9-6-10-19-45,46-20-11-7-12-21-46)47-22-13-8-14-23-47/h6-14,18-23,29,32,34-35,40-43,50-57,77,92-94H,15-17,24-28,30-31,33,36-39,73H2,1-5H3,(H2,74,96)(H,78,81)(H,79,82)(H,83,98)(H,84,95)(H,85,99)(H,86,102)(H,87,97)(H,88,100)(H,89,103)(H,90,101)(H,91,104)(H4,75,76,80)/t43-,50-,51-,52-,53-,54-,55-,56-,57-/m0/s1. The third kappa shape index (κ3) is 25.9. The summed E-state index contributed by atoms with van der Waals surface area (Å²) in [4.78, 5) is 152. The third-order valence-electron chi connectivity index (χ3n) is 17.0. The maximum atomic E-state index is 14.2. The van der Waals surface area contributed by atoms with Gasteiger partial charge >= 0.3 is 0 Å². The highest BCUT2D eigenvalue weighted by molar-refractivity contribution is 8.00. The second-order valence-corrected chi connectivity index (χ2v) is 26.7. The molecule has 0 saturated heterocycles. The first-order chi connectivity index (χ1) is 51.4. The Morgan fingerprint density at radius 2 is 0.953 bits per heavy atom. The summed E-state index contributed by atoms with van der Waals surface area (Å²) in [6, 6.07) is 20.1. The molecule has 578 valence electrons. The van der Waals surface area contributed by atoms with E-state index in [9.17, 15) is 63.3 Å². The number of aliphatic hydroxyl groups is 3. The van der Waals surface area contributed by atoms with E-state index in [0.717, 1.165) is 27.1 Å². The van der Waals surface area contributed by atoms with Crippen LogP contribution in [0.5, 0.6) is 11.5 Å². The van der Waals surface area contributed by atoms with Crippen LogP contribution in [0.25, 0.3) is 0 Å². The lowest BCUT2D eigenvalue weighted by atomic mass is 9.84. The van der Waals surface area contributed by atoms with Gasteiger partial charge in [-0.3, -0.25) is 53.4 Å². The van der Waals surface area contributed by atoms with Crippen molar-refractivity contribution in [3.63, 3.8) is 0 Å². The number of thioether (sulfide) groups is 1. The van der Waals surface area contributed by atoms with E-state index in [1.807, 2.05) is 66.7 Å². The highest BCUT2D eigenvalue weighted by atomic mass is 32.2. The fourth-order valence-electron chi connectivity index (χ4n) is 11.4. The van der Waals surface area contributed by atoms with Crippen molar-refractivity contribution < 1.29 is 72.7 Å². The summed E-state index contributed by atoms with van der Waals surface area (Å²) in [7, 11) is 3.04. The quantitative estimate of drug-likeness (QED) is 0.00652. The number of ether oxygens (including phenoxy) is 2. The minimum Gasteiger partial charge on any atom is -0.493 e. The van der Waals surface area contributed by atoms with Gasteiger partial charge in [-0.2, -0.15) is 0 Å². The normalized spacial score (nSPS) is 13.8. The van der Waals surface area contributed by atoms with E-state index in [4.69, 9.17) is 32.1 Å². The molecule has 4 aromatic carbocycles. The van der Waals surface area contributed by atoms with Crippen LogP contribution in [0.4, 0.5) is 0 Å². The van der Waals surface area contributed by atoms with Crippen LogP contribution in [0.1, 0.15) is 92.9 Å². The molecule has 9 atom stereocenters. The average molecular weight is 1500 g/mol. The lowest BCUT2D eigenvalue weighted by Gasteiger charge is -2.36. The minimum absolute atomic E-state index is 0.0564. The molecular weight excluding hydrogens is 1400 g/mol. The molecule has 0 aliphatic heterocycles. The van der Waals surface area contributed by atoms with E-state index < -0.39 is 138 Å². The van der Waals surface area contributed by atoms with Crippen LogP contribution in [0.2, 0.25) is 0 Å². The van der Waals surface area contributed by atoms with Gasteiger partial charge in [-0.25, -0.2) is 9.97 Å². The smallest absolute Gasteiger partial charge is 0.245 e. The number of nitrogens with one attached hydrogen (secondary N) is 14. The Morgan fingerprint density at radius 1 is 0.533 bits per heavy atom. The second-order valence-electron chi connectivity index (χ2n) is 25.5. The summed E-state index contributed by atoms with van der Waals surface area (Å²) in [5.74, 6) is -9.13. The van der Waals surface area contributed by atoms with Crippen molar-refractivity contribution in [2.45, 2.75) is 143 Å². The summed E-state index contributed by atoms with van der Waals surface area (Å²) in [5, 5.41) is 67.1. The zero-order valence-electron chi connectivity index (χ0n) is 60.3. The van der Waals surface area contributed by atoms with Gasteiger partial charge in [0.25, 0.3) is 0 Å². The maximum Gasteiger partial charge on any atom is 0.245 e. The van der Waals surface area contributed by atoms with E-state index >= 15 is 0 Å². The molecule has 35 heteroatoms. The molecule has 6 aromatic rings. The molecule has 0 spiro atoms. The number of primary amides is 1. The number of unbranched alkanes of at least 4 members (excludes halogenated alkanes) is 1. The zero-order chi connectivity index (χ0) is 78.0. The number of carbonyl (C=O) groups excluding carboxylic acids is 10. The molecule has 0 radical (unpaired) electrons. The van der Waals surface area contributed by atoms with Crippen molar-refractivity contribution in [3.8, 4) is 11.5 Å². The number of imidazole rings is 2. The Bertz CT molecular complexity index is 3770. The molecule has 2 heterocycles. The first-order valence-electron chi connectivity index (χ1n) is 34.8. The number of H-pyrrole nitrogens is 2. The number of hydrogen-bond donors (Lipinski definition) is 20. The number of hydrogen-bond acceptors (Lipinski definition) is 21. The number of benzene rings is 4. The van der Waals surface area contributed by atoms with E-state index in [2.05, 4.69) is 115 Å². The molecule has 0 unspecified atom stereocenters.